The Kier molecular flexibility index (Phi) is 5.44. The molecule has 0 radical (unpaired) electrons. The van der Waals surface area contributed by atoms with Crippen molar-refractivity contribution in [2.75, 3.05) is 7.11 Å². The zero-order valence-electron chi connectivity index (χ0n) is 19.4. The van der Waals surface area contributed by atoms with Gasteiger partial charge in [0.2, 0.25) is 10.0 Å². The largest absolute Gasteiger partial charge is 0.496 e. The van der Waals surface area contributed by atoms with Crippen LogP contribution in [0.2, 0.25) is 19.6 Å². The molecule has 4 aromatic rings. The van der Waals surface area contributed by atoms with E-state index < -0.39 is 18.1 Å². The molecule has 0 spiro atoms. The van der Waals surface area contributed by atoms with E-state index in [0.29, 0.717) is 16.9 Å². The topological polar surface area (TPSA) is 69.4 Å². The predicted molar refractivity (Wildman–Crippen MR) is 137 cm³/mol. The quantitative estimate of drug-likeness (QED) is 0.408. The highest BCUT2D eigenvalue weighted by Crippen LogP contribution is 2.46. The van der Waals surface area contributed by atoms with Crippen molar-refractivity contribution in [1.82, 2.24) is 0 Å². The predicted octanol–water partition coefficient (Wildman–Crippen LogP) is 5.48. The molecule has 0 bridgehead atoms. The van der Waals surface area contributed by atoms with E-state index in [0.717, 1.165) is 32.7 Å². The minimum atomic E-state index is -3.99. The Labute approximate surface area is 191 Å². The van der Waals surface area contributed by atoms with Crippen molar-refractivity contribution < 1.29 is 13.2 Å². The van der Waals surface area contributed by atoms with Crippen molar-refractivity contribution in [3.05, 3.63) is 65.7 Å². The van der Waals surface area contributed by atoms with Crippen LogP contribution >= 0.6 is 0 Å². The maximum atomic E-state index is 12.8. The lowest BCUT2D eigenvalue weighted by Crippen LogP contribution is -2.37. The summed E-state index contributed by atoms with van der Waals surface area (Å²) in [6.45, 7) is 10.7. The second-order valence-electron chi connectivity index (χ2n) is 9.45. The van der Waals surface area contributed by atoms with Gasteiger partial charge in [-0.25, -0.2) is 13.6 Å². The molecule has 166 valence electrons. The summed E-state index contributed by atoms with van der Waals surface area (Å²) in [4.78, 5) is 0.149. The van der Waals surface area contributed by atoms with E-state index in [1.54, 1.807) is 14.0 Å². The van der Waals surface area contributed by atoms with Crippen LogP contribution in [0.1, 0.15) is 11.1 Å². The van der Waals surface area contributed by atoms with Crippen molar-refractivity contribution in [1.29, 1.82) is 0 Å². The van der Waals surface area contributed by atoms with E-state index in [1.807, 2.05) is 37.3 Å². The van der Waals surface area contributed by atoms with Gasteiger partial charge >= 0.3 is 0 Å². The lowest BCUT2D eigenvalue weighted by molar-refractivity contribution is 0.414. The molecule has 0 heterocycles. The molecule has 4 aromatic carbocycles. The third-order valence-electron chi connectivity index (χ3n) is 6.07. The Bertz CT molecular complexity index is 1490. The molecular weight excluding hydrogens is 434 g/mol. The molecule has 4 nitrogen and oxygen atoms in total. The Morgan fingerprint density at radius 3 is 2.06 bits per heavy atom. The highest BCUT2D eigenvalue weighted by atomic mass is 32.2. The second-order valence-corrected chi connectivity index (χ2v) is 16.0. The molecule has 2 N–H and O–H groups in total. The normalized spacial score (nSPS) is 12.5. The second kappa shape index (κ2) is 7.73. The molecule has 0 saturated heterocycles. The van der Waals surface area contributed by atoms with E-state index in [1.165, 1.54) is 5.19 Å². The highest BCUT2D eigenvalue weighted by molar-refractivity contribution is 7.89. The molecule has 0 unspecified atom stereocenters. The SMILES string of the molecule is COc1c(C)cc2cc([Si](C)(C)C)ccc2c1-c1c(S(N)(=O)=O)c(C)cc2ccccc12. The molecule has 0 saturated carbocycles. The number of hydrogen-bond donors (Lipinski definition) is 1. The summed E-state index contributed by atoms with van der Waals surface area (Å²) in [7, 11) is -3.89. The smallest absolute Gasteiger partial charge is 0.238 e. The van der Waals surface area contributed by atoms with Gasteiger partial charge in [-0.1, -0.05) is 73.4 Å². The first-order valence-electron chi connectivity index (χ1n) is 10.6. The molecule has 0 aromatic heterocycles. The Balaban J connectivity index is 2.28. The van der Waals surface area contributed by atoms with E-state index in [9.17, 15) is 8.42 Å². The maximum Gasteiger partial charge on any atom is 0.238 e. The van der Waals surface area contributed by atoms with Gasteiger partial charge in [0, 0.05) is 11.1 Å². The number of sulfonamides is 1. The fourth-order valence-electron chi connectivity index (χ4n) is 4.59. The molecule has 6 heteroatoms. The average molecular weight is 464 g/mol. The first-order valence-corrected chi connectivity index (χ1v) is 15.7. The van der Waals surface area contributed by atoms with Gasteiger partial charge in [-0.2, -0.15) is 0 Å². The molecule has 0 amide bonds. The van der Waals surface area contributed by atoms with Crippen LogP contribution in [0.4, 0.5) is 0 Å². The number of fused-ring (bicyclic) bond motifs is 2. The third-order valence-corrected chi connectivity index (χ3v) is 9.21. The molecule has 0 fully saturated rings. The van der Waals surface area contributed by atoms with Crippen LogP contribution in [0.15, 0.2) is 59.5 Å². The van der Waals surface area contributed by atoms with Crippen LogP contribution in [-0.4, -0.2) is 23.6 Å². The first kappa shape index (κ1) is 22.5. The zero-order valence-corrected chi connectivity index (χ0v) is 21.2. The van der Waals surface area contributed by atoms with Crippen molar-refractivity contribution in [3.63, 3.8) is 0 Å². The summed E-state index contributed by atoms with van der Waals surface area (Å²) < 4.78 is 31.5. The molecular formula is C26H29NO3SSi. The molecule has 32 heavy (non-hydrogen) atoms. The van der Waals surface area contributed by atoms with Gasteiger partial charge in [0.05, 0.1) is 20.1 Å². The number of aryl methyl sites for hydroxylation is 2. The van der Waals surface area contributed by atoms with E-state index in [4.69, 9.17) is 9.88 Å². The van der Waals surface area contributed by atoms with Crippen LogP contribution < -0.4 is 15.1 Å². The minimum Gasteiger partial charge on any atom is -0.496 e. The van der Waals surface area contributed by atoms with E-state index in [-0.39, 0.29) is 4.90 Å². The van der Waals surface area contributed by atoms with Gasteiger partial charge in [-0.15, -0.1) is 0 Å². The number of hydrogen-bond acceptors (Lipinski definition) is 3. The number of benzene rings is 4. The minimum absolute atomic E-state index is 0.149. The van der Waals surface area contributed by atoms with Gasteiger partial charge < -0.3 is 4.74 Å². The standard InChI is InChI=1S/C26H29NO3SSi/c1-16-13-19-15-20(32(4,5)6)11-12-22(19)23(25(16)30-3)24-21-10-8-7-9-18(21)14-17(2)26(24)31(27,28)29/h7-15H,1-6H3,(H2,27,28,29). The summed E-state index contributed by atoms with van der Waals surface area (Å²) in [5, 5.41) is 10.9. The van der Waals surface area contributed by atoms with Gasteiger partial charge in [0.25, 0.3) is 0 Å². The van der Waals surface area contributed by atoms with Gasteiger partial charge in [-0.05, 0) is 52.6 Å². The maximum absolute atomic E-state index is 12.8. The van der Waals surface area contributed by atoms with Gasteiger partial charge in [0.1, 0.15) is 5.75 Å². The van der Waals surface area contributed by atoms with Crippen molar-refractivity contribution in [3.8, 4) is 16.9 Å². The van der Waals surface area contributed by atoms with Crippen molar-refractivity contribution in [2.24, 2.45) is 5.14 Å². The highest BCUT2D eigenvalue weighted by Gasteiger charge is 2.26. The molecule has 0 aliphatic rings. The molecule has 4 rings (SSSR count). The average Bonchev–Trinajstić information content (AvgIpc) is 2.69. The molecule has 0 aliphatic heterocycles. The van der Waals surface area contributed by atoms with Crippen LogP contribution in [0, 0.1) is 13.8 Å². The van der Waals surface area contributed by atoms with Crippen LogP contribution in [-0.2, 0) is 10.0 Å². The lowest BCUT2D eigenvalue weighted by atomic mass is 9.90. The first-order chi connectivity index (χ1) is 14.9. The van der Waals surface area contributed by atoms with Crippen molar-refractivity contribution >= 4 is 44.8 Å². The zero-order chi connectivity index (χ0) is 23.4. The summed E-state index contributed by atoms with van der Waals surface area (Å²) in [5.41, 5.74) is 2.95. The Morgan fingerprint density at radius 2 is 1.44 bits per heavy atom. The number of ether oxygens (including phenoxy) is 1. The number of nitrogens with two attached hydrogens (primary N) is 1. The number of methoxy groups -OCH3 is 1. The summed E-state index contributed by atoms with van der Waals surface area (Å²) >= 11 is 0. The monoisotopic (exact) mass is 463 g/mol. The fraction of sp³-hybridized carbons (Fsp3) is 0.231. The third kappa shape index (κ3) is 3.72. The Morgan fingerprint density at radius 1 is 0.812 bits per heavy atom. The number of rotatable bonds is 4. The summed E-state index contributed by atoms with van der Waals surface area (Å²) in [5.74, 6) is 0.666. The van der Waals surface area contributed by atoms with Gasteiger partial charge in [0.15, 0.2) is 0 Å². The molecule has 0 aliphatic carbocycles. The fourth-order valence-corrected chi connectivity index (χ4v) is 6.77. The Hall–Kier alpha value is -2.67. The van der Waals surface area contributed by atoms with Crippen LogP contribution in [0.25, 0.3) is 32.7 Å². The van der Waals surface area contributed by atoms with Gasteiger partial charge in [-0.3, -0.25) is 0 Å². The van der Waals surface area contributed by atoms with Crippen LogP contribution in [0.5, 0.6) is 5.75 Å². The summed E-state index contributed by atoms with van der Waals surface area (Å²) in [6, 6.07) is 18.3. The molecule has 0 atom stereocenters. The van der Waals surface area contributed by atoms with E-state index >= 15 is 0 Å². The number of primary sulfonamides is 1. The van der Waals surface area contributed by atoms with Crippen molar-refractivity contribution in [2.45, 2.75) is 38.4 Å². The lowest BCUT2D eigenvalue weighted by Gasteiger charge is -2.22. The summed E-state index contributed by atoms with van der Waals surface area (Å²) in [6.07, 6.45) is 0. The van der Waals surface area contributed by atoms with E-state index in [2.05, 4.69) is 43.9 Å². The van der Waals surface area contributed by atoms with Crippen LogP contribution in [0.3, 0.4) is 0 Å².